The quantitative estimate of drug-likeness (QED) is 0.0336. The van der Waals surface area contributed by atoms with Gasteiger partial charge in [-0.3, -0.25) is 19.2 Å². The van der Waals surface area contributed by atoms with Gasteiger partial charge in [0.05, 0.1) is 6.10 Å². The van der Waals surface area contributed by atoms with Gasteiger partial charge in [0.15, 0.2) is 36.3 Å². The number of aliphatic hydroxyl groups excluding tert-OH is 1. The maximum absolute atomic E-state index is 13.0. The number of rotatable bonds is 23. The number of aliphatic hydroxyl groups is 1. The summed E-state index contributed by atoms with van der Waals surface area (Å²) in [6.07, 6.45) is 8.26. The Morgan fingerprint density at radius 1 is 0.614 bits per heavy atom. The first kappa shape index (κ1) is 42.7. The second kappa shape index (κ2) is 22.3. The van der Waals surface area contributed by atoms with E-state index in [4.69, 9.17) is 23.7 Å². The van der Waals surface area contributed by atoms with Crippen LogP contribution in [-0.4, -0.2) is 47.9 Å². The fraction of sp³-hybridized carbons (Fsp3) is 0.404. The molecule has 1 N–H and O–H groups in total. The summed E-state index contributed by atoms with van der Waals surface area (Å²) < 4.78 is 30.0. The minimum atomic E-state index is -1.09. The summed E-state index contributed by atoms with van der Waals surface area (Å²) in [5.74, 6) is -0.293. The summed E-state index contributed by atoms with van der Waals surface area (Å²) in [5.41, 5.74) is 1.93. The standard InChI is InChI=1S/C47H54O10/c1-3-5-7-9-17-23-45(51)55-36-28-42(56-46(52)24-18-10-8-6-4-2)37-30-38(48)47(57-43(37)29-36)35-25-26-41(53-31-39(49)33-19-13-11-14-20-33)44(27-35)54-32-40(50)34-21-15-12-16-22-34/h11-16,19-22,25-29,38,47-48H,3-10,17-18,23-24,30-32H2,1-2H3/t38-,47-/m0/s1. The molecule has 0 radical (unpaired) electrons. The van der Waals surface area contributed by atoms with Crippen LogP contribution in [0.25, 0.3) is 0 Å². The third kappa shape index (κ3) is 13.0. The predicted molar refractivity (Wildman–Crippen MR) is 217 cm³/mol. The number of benzene rings is 4. The molecule has 0 amide bonds. The summed E-state index contributed by atoms with van der Waals surface area (Å²) in [4.78, 5) is 51.8. The van der Waals surface area contributed by atoms with Crippen molar-refractivity contribution in [2.24, 2.45) is 0 Å². The largest absolute Gasteiger partial charge is 0.482 e. The molecule has 1 aliphatic heterocycles. The van der Waals surface area contributed by atoms with Gasteiger partial charge in [-0.15, -0.1) is 0 Å². The number of ketones is 2. The Hall–Kier alpha value is -5.48. The van der Waals surface area contributed by atoms with E-state index in [9.17, 15) is 24.3 Å². The first-order chi connectivity index (χ1) is 27.7. The van der Waals surface area contributed by atoms with Gasteiger partial charge in [-0.05, 0) is 30.5 Å². The lowest BCUT2D eigenvalue weighted by Gasteiger charge is -2.32. The van der Waals surface area contributed by atoms with E-state index in [2.05, 4.69) is 13.8 Å². The molecule has 302 valence electrons. The van der Waals surface area contributed by atoms with E-state index < -0.39 is 24.1 Å². The molecule has 5 rings (SSSR count). The molecule has 0 spiro atoms. The van der Waals surface area contributed by atoms with Crippen molar-refractivity contribution in [3.63, 3.8) is 0 Å². The van der Waals surface area contributed by atoms with E-state index >= 15 is 0 Å². The monoisotopic (exact) mass is 778 g/mol. The van der Waals surface area contributed by atoms with Crippen LogP contribution in [0.4, 0.5) is 0 Å². The molecule has 0 unspecified atom stereocenters. The Labute approximate surface area is 335 Å². The third-order valence-electron chi connectivity index (χ3n) is 9.79. The Kier molecular flexibility index (Phi) is 16.7. The van der Waals surface area contributed by atoms with Crippen molar-refractivity contribution < 1.29 is 48.0 Å². The van der Waals surface area contributed by atoms with Gasteiger partial charge in [0.2, 0.25) is 0 Å². The second-order valence-corrected chi connectivity index (χ2v) is 14.3. The van der Waals surface area contributed by atoms with E-state index in [1.165, 1.54) is 6.07 Å². The number of esters is 2. The van der Waals surface area contributed by atoms with Gasteiger partial charge in [-0.25, -0.2) is 0 Å². The molecule has 0 saturated carbocycles. The van der Waals surface area contributed by atoms with Crippen LogP contribution in [0.5, 0.6) is 28.7 Å². The number of Topliss-reactive ketones (excluding diaryl/α,β-unsaturated/α-hetero) is 2. The van der Waals surface area contributed by atoms with Gasteiger partial charge in [0.25, 0.3) is 0 Å². The molecular formula is C47H54O10. The Balaban J connectivity index is 1.38. The van der Waals surface area contributed by atoms with Crippen molar-refractivity contribution in [1.29, 1.82) is 0 Å². The molecule has 4 aromatic carbocycles. The highest BCUT2D eigenvalue weighted by Gasteiger charge is 2.34. The van der Waals surface area contributed by atoms with Gasteiger partial charge in [0.1, 0.15) is 23.4 Å². The first-order valence-electron chi connectivity index (χ1n) is 20.2. The molecule has 0 saturated heterocycles. The third-order valence-corrected chi connectivity index (χ3v) is 9.79. The lowest BCUT2D eigenvalue weighted by atomic mass is 9.93. The van der Waals surface area contributed by atoms with Crippen LogP contribution in [-0.2, 0) is 16.0 Å². The molecular weight excluding hydrogens is 725 g/mol. The molecule has 0 aromatic heterocycles. The van der Waals surface area contributed by atoms with Crippen LogP contribution in [0, 0.1) is 0 Å². The van der Waals surface area contributed by atoms with Crippen LogP contribution < -0.4 is 23.7 Å². The van der Waals surface area contributed by atoms with Crippen molar-refractivity contribution in [2.75, 3.05) is 13.2 Å². The van der Waals surface area contributed by atoms with Gasteiger partial charge >= 0.3 is 11.9 Å². The molecule has 10 heteroatoms. The van der Waals surface area contributed by atoms with Crippen molar-refractivity contribution in [1.82, 2.24) is 0 Å². The fourth-order valence-corrected chi connectivity index (χ4v) is 6.61. The smallest absolute Gasteiger partial charge is 0.311 e. The van der Waals surface area contributed by atoms with Crippen molar-refractivity contribution in [2.45, 2.75) is 110 Å². The van der Waals surface area contributed by atoms with Gasteiger partial charge < -0.3 is 28.8 Å². The zero-order valence-electron chi connectivity index (χ0n) is 33.0. The van der Waals surface area contributed by atoms with E-state index in [0.29, 0.717) is 40.8 Å². The number of carbonyl (C=O) groups excluding carboxylic acids is 4. The summed E-state index contributed by atoms with van der Waals surface area (Å²) in [5, 5.41) is 11.5. The molecule has 57 heavy (non-hydrogen) atoms. The first-order valence-corrected chi connectivity index (χ1v) is 20.2. The zero-order valence-corrected chi connectivity index (χ0v) is 33.0. The fourth-order valence-electron chi connectivity index (χ4n) is 6.61. The Morgan fingerprint density at radius 2 is 1.16 bits per heavy atom. The van der Waals surface area contributed by atoms with Crippen molar-refractivity contribution in [3.8, 4) is 28.7 Å². The van der Waals surface area contributed by atoms with Crippen LogP contribution in [0.2, 0.25) is 0 Å². The average molecular weight is 779 g/mol. The minimum absolute atomic E-state index is 0.0667. The SMILES string of the molecule is CCCCCCCC(=O)Oc1cc(OC(=O)CCCCCCC)c2c(c1)O[C@@H](c1ccc(OCC(=O)c3ccccc3)c(OCC(=O)c3ccccc3)c1)[C@@H](O)C2. The van der Waals surface area contributed by atoms with E-state index in [0.717, 1.165) is 51.4 Å². The Bertz CT molecular complexity index is 1920. The predicted octanol–water partition coefficient (Wildman–Crippen LogP) is 9.78. The van der Waals surface area contributed by atoms with Crippen LogP contribution in [0.3, 0.4) is 0 Å². The maximum atomic E-state index is 13.0. The minimum Gasteiger partial charge on any atom is -0.482 e. The highest BCUT2D eigenvalue weighted by atomic mass is 16.6. The highest BCUT2D eigenvalue weighted by molar-refractivity contribution is 5.97. The lowest BCUT2D eigenvalue weighted by Crippen LogP contribution is -2.31. The molecule has 1 aliphatic rings. The second-order valence-electron chi connectivity index (χ2n) is 14.3. The van der Waals surface area contributed by atoms with Crippen molar-refractivity contribution >= 4 is 23.5 Å². The lowest BCUT2D eigenvalue weighted by molar-refractivity contribution is -0.135. The van der Waals surface area contributed by atoms with Crippen LogP contribution >= 0.6 is 0 Å². The zero-order chi connectivity index (χ0) is 40.4. The van der Waals surface area contributed by atoms with E-state index in [1.807, 2.05) is 12.1 Å². The van der Waals surface area contributed by atoms with Gasteiger partial charge in [0, 0.05) is 48.1 Å². The van der Waals surface area contributed by atoms with Gasteiger partial charge in [-0.1, -0.05) is 132 Å². The summed E-state index contributed by atoms with van der Waals surface area (Å²) in [7, 11) is 0. The molecule has 0 aliphatic carbocycles. The average Bonchev–Trinajstić information content (AvgIpc) is 3.22. The summed E-state index contributed by atoms with van der Waals surface area (Å²) in [6.45, 7) is 3.68. The highest BCUT2D eigenvalue weighted by Crippen LogP contribution is 2.44. The number of ether oxygens (including phenoxy) is 5. The molecule has 2 atom stereocenters. The Morgan fingerprint density at radius 3 is 1.74 bits per heavy atom. The van der Waals surface area contributed by atoms with Crippen molar-refractivity contribution in [3.05, 3.63) is 113 Å². The summed E-state index contributed by atoms with van der Waals surface area (Å²) in [6, 6.07) is 25.5. The number of hydrogen-bond acceptors (Lipinski definition) is 10. The van der Waals surface area contributed by atoms with E-state index in [1.54, 1.807) is 72.8 Å². The van der Waals surface area contributed by atoms with Gasteiger partial charge in [-0.2, -0.15) is 0 Å². The molecule has 10 nitrogen and oxygen atoms in total. The van der Waals surface area contributed by atoms with Crippen LogP contribution in [0.1, 0.15) is 129 Å². The number of hydrogen-bond donors (Lipinski definition) is 1. The normalized spacial score (nSPS) is 14.5. The number of carbonyl (C=O) groups is 4. The maximum Gasteiger partial charge on any atom is 0.311 e. The number of unbranched alkanes of at least 4 members (excludes halogenated alkanes) is 8. The molecule has 0 fully saturated rings. The molecule has 4 aromatic rings. The van der Waals surface area contributed by atoms with E-state index in [-0.39, 0.29) is 67.0 Å². The van der Waals surface area contributed by atoms with Crippen LogP contribution in [0.15, 0.2) is 91.0 Å². The topological polar surface area (TPSA) is 135 Å². The molecule has 1 heterocycles. The number of fused-ring (bicyclic) bond motifs is 1. The summed E-state index contributed by atoms with van der Waals surface area (Å²) >= 11 is 0. The molecule has 0 bridgehead atoms.